The highest BCUT2D eigenvalue weighted by Crippen LogP contribution is 2.18. The molecule has 0 radical (unpaired) electrons. The van der Waals surface area contributed by atoms with Gasteiger partial charge in [0.15, 0.2) is 0 Å². The van der Waals surface area contributed by atoms with Crippen LogP contribution in [-0.4, -0.2) is 29.0 Å². The van der Waals surface area contributed by atoms with Crippen molar-refractivity contribution in [2.24, 2.45) is 0 Å². The average molecular weight is 469 g/mol. The second-order valence-electron chi connectivity index (χ2n) is 7.42. The first-order valence-electron chi connectivity index (χ1n) is 10.4. The number of hydrogen-bond donors (Lipinski definition) is 0. The maximum absolute atomic E-state index is 13.2. The Kier molecular flexibility index (Phi) is 8.14. The Morgan fingerprint density at radius 3 is 2.67 bits per heavy atom. The minimum Gasteiger partial charge on any atom is -0.497 e. The molecule has 0 atom stereocenters. The molecule has 1 heterocycles. The van der Waals surface area contributed by atoms with Gasteiger partial charge >= 0.3 is 0 Å². The molecule has 1 aromatic heterocycles. The quantitative estimate of drug-likeness (QED) is 0.334. The van der Waals surface area contributed by atoms with E-state index in [1.807, 2.05) is 47.4 Å². The fourth-order valence-corrected chi connectivity index (χ4v) is 3.92. The van der Waals surface area contributed by atoms with Gasteiger partial charge in [0.2, 0.25) is 0 Å². The van der Waals surface area contributed by atoms with Gasteiger partial charge in [0.1, 0.15) is 5.75 Å². The Balaban J connectivity index is 1.79. The lowest BCUT2D eigenvalue weighted by atomic mass is 10.1. The molecule has 0 aliphatic rings. The van der Waals surface area contributed by atoms with Gasteiger partial charge in [-0.25, -0.2) is 0 Å². The number of methoxy groups -OCH3 is 1. The number of benzene rings is 2. The second-order valence-corrected chi connectivity index (χ2v) is 8.34. The second kappa shape index (κ2) is 11.0. The van der Waals surface area contributed by atoms with E-state index in [0.29, 0.717) is 12.1 Å². The molecule has 0 N–H and O–H groups in total. The summed E-state index contributed by atoms with van der Waals surface area (Å²) in [5.41, 5.74) is 3.01. The van der Waals surface area contributed by atoms with E-state index in [1.165, 1.54) is 5.56 Å². The Labute approximate surface area is 187 Å². The van der Waals surface area contributed by atoms with Crippen LogP contribution in [0, 0.1) is 0 Å². The van der Waals surface area contributed by atoms with Crippen LogP contribution in [0.4, 0.5) is 0 Å². The van der Waals surface area contributed by atoms with Crippen molar-refractivity contribution in [1.82, 2.24) is 9.47 Å². The SMILES string of the molecule is CCCCCN(Cc1cccn1Cc1cccc(OC)c1)C(=O)c1cccc(Br)c1. The zero-order valence-corrected chi connectivity index (χ0v) is 19.3. The van der Waals surface area contributed by atoms with Gasteiger partial charge in [-0.05, 0) is 54.4 Å². The van der Waals surface area contributed by atoms with Crippen LogP contribution in [0.1, 0.15) is 47.8 Å². The fourth-order valence-electron chi connectivity index (χ4n) is 3.52. The van der Waals surface area contributed by atoms with E-state index in [1.54, 1.807) is 7.11 Å². The third-order valence-corrected chi connectivity index (χ3v) is 5.65. The molecule has 0 spiro atoms. The largest absolute Gasteiger partial charge is 0.497 e. The maximum atomic E-state index is 13.2. The van der Waals surface area contributed by atoms with E-state index in [9.17, 15) is 4.79 Å². The van der Waals surface area contributed by atoms with Crippen molar-refractivity contribution in [2.75, 3.05) is 13.7 Å². The molecule has 30 heavy (non-hydrogen) atoms. The van der Waals surface area contributed by atoms with Crippen LogP contribution < -0.4 is 4.74 Å². The van der Waals surface area contributed by atoms with Gasteiger partial charge in [0, 0.05) is 35.0 Å². The molecule has 0 saturated carbocycles. The topological polar surface area (TPSA) is 34.5 Å². The summed E-state index contributed by atoms with van der Waals surface area (Å²) in [6.45, 7) is 4.27. The Hall–Kier alpha value is -2.53. The number of rotatable bonds is 10. The van der Waals surface area contributed by atoms with Gasteiger partial charge in [0.25, 0.3) is 5.91 Å². The van der Waals surface area contributed by atoms with Crippen LogP contribution in [0.3, 0.4) is 0 Å². The molecule has 158 valence electrons. The standard InChI is InChI=1S/C25H29BrN2O2/c1-3-4-5-14-28(25(29)21-10-7-11-22(26)17-21)19-23-12-8-15-27(23)18-20-9-6-13-24(16-20)30-2/h6-13,15-17H,3-5,14,18-19H2,1-2H3. The molecule has 0 aliphatic heterocycles. The highest BCUT2D eigenvalue weighted by atomic mass is 79.9. The smallest absolute Gasteiger partial charge is 0.254 e. The molecule has 4 nitrogen and oxygen atoms in total. The summed E-state index contributed by atoms with van der Waals surface area (Å²) in [5, 5.41) is 0. The number of amides is 1. The number of carbonyl (C=O) groups is 1. The molecule has 0 unspecified atom stereocenters. The number of hydrogen-bond acceptors (Lipinski definition) is 2. The molecule has 0 bridgehead atoms. The highest BCUT2D eigenvalue weighted by molar-refractivity contribution is 9.10. The number of nitrogens with zero attached hydrogens (tertiary/aromatic N) is 2. The number of aromatic nitrogens is 1. The monoisotopic (exact) mass is 468 g/mol. The normalized spacial score (nSPS) is 10.8. The van der Waals surface area contributed by atoms with Crippen molar-refractivity contribution in [3.8, 4) is 5.75 Å². The summed E-state index contributed by atoms with van der Waals surface area (Å²) in [5.74, 6) is 0.925. The van der Waals surface area contributed by atoms with Gasteiger partial charge in [-0.2, -0.15) is 0 Å². The lowest BCUT2D eigenvalue weighted by Crippen LogP contribution is -2.32. The van der Waals surface area contributed by atoms with Crippen molar-refractivity contribution < 1.29 is 9.53 Å². The average Bonchev–Trinajstić information content (AvgIpc) is 3.19. The Bertz CT molecular complexity index is 967. The van der Waals surface area contributed by atoms with E-state index in [4.69, 9.17) is 4.74 Å². The van der Waals surface area contributed by atoms with Gasteiger partial charge in [0.05, 0.1) is 13.7 Å². The molecular formula is C25H29BrN2O2. The van der Waals surface area contributed by atoms with Crippen LogP contribution >= 0.6 is 15.9 Å². The summed E-state index contributed by atoms with van der Waals surface area (Å²) in [7, 11) is 1.68. The Morgan fingerprint density at radius 2 is 1.90 bits per heavy atom. The minimum absolute atomic E-state index is 0.0709. The Morgan fingerprint density at radius 1 is 1.07 bits per heavy atom. The lowest BCUT2D eigenvalue weighted by Gasteiger charge is -2.24. The molecule has 3 rings (SSSR count). The molecule has 1 amide bonds. The third-order valence-electron chi connectivity index (χ3n) is 5.15. The van der Waals surface area contributed by atoms with Gasteiger partial charge in [-0.3, -0.25) is 4.79 Å². The van der Waals surface area contributed by atoms with Crippen molar-refractivity contribution in [3.63, 3.8) is 0 Å². The molecule has 0 aliphatic carbocycles. The molecule has 5 heteroatoms. The van der Waals surface area contributed by atoms with Crippen LogP contribution in [0.5, 0.6) is 5.75 Å². The van der Waals surface area contributed by atoms with Gasteiger partial charge in [-0.1, -0.05) is 53.9 Å². The van der Waals surface area contributed by atoms with Crippen molar-refractivity contribution in [3.05, 3.63) is 88.2 Å². The molecular weight excluding hydrogens is 440 g/mol. The van der Waals surface area contributed by atoms with Crippen molar-refractivity contribution in [1.29, 1.82) is 0 Å². The van der Waals surface area contributed by atoms with E-state index in [-0.39, 0.29) is 5.91 Å². The first-order chi connectivity index (χ1) is 14.6. The predicted molar refractivity (Wildman–Crippen MR) is 125 cm³/mol. The number of halogens is 1. The van der Waals surface area contributed by atoms with E-state index in [0.717, 1.165) is 48.3 Å². The molecule has 0 saturated heterocycles. The zero-order chi connectivity index (χ0) is 21.3. The summed E-state index contributed by atoms with van der Waals surface area (Å²) < 4.78 is 8.47. The molecule has 2 aromatic carbocycles. The minimum atomic E-state index is 0.0709. The summed E-state index contributed by atoms with van der Waals surface area (Å²) in [6, 6.07) is 19.9. The number of ether oxygens (including phenoxy) is 1. The van der Waals surface area contributed by atoms with Crippen molar-refractivity contribution in [2.45, 2.75) is 39.3 Å². The predicted octanol–water partition coefficient (Wildman–Crippen LogP) is 6.14. The molecule has 3 aromatic rings. The van der Waals surface area contributed by atoms with Gasteiger partial charge < -0.3 is 14.2 Å². The van der Waals surface area contributed by atoms with E-state index >= 15 is 0 Å². The van der Waals surface area contributed by atoms with Gasteiger partial charge in [-0.15, -0.1) is 0 Å². The number of unbranched alkanes of at least 4 members (excludes halogenated alkanes) is 2. The van der Waals surface area contributed by atoms with Crippen molar-refractivity contribution >= 4 is 21.8 Å². The van der Waals surface area contributed by atoms with Crippen LogP contribution in [0.15, 0.2) is 71.3 Å². The summed E-state index contributed by atoms with van der Waals surface area (Å²) >= 11 is 3.48. The summed E-state index contributed by atoms with van der Waals surface area (Å²) in [6.07, 6.45) is 5.33. The van der Waals surface area contributed by atoms with Crippen LogP contribution in [-0.2, 0) is 13.1 Å². The third kappa shape index (κ3) is 5.99. The molecule has 0 fully saturated rings. The number of carbonyl (C=O) groups excluding carboxylic acids is 1. The highest BCUT2D eigenvalue weighted by Gasteiger charge is 2.18. The zero-order valence-electron chi connectivity index (χ0n) is 17.7. The first kappa shape index (κ1) is 22.2. The van der Waals surface area contributed by atoms with E-state index in [2.05, 4.69) is 51.8 Å². The lowest BCUT2D eigenvalue weighted by molar-refractivity contribution is 0.0736. The van der Waals surface area contributed by atoms with Crippen LogP contribution in [0.25, 0.3) is 0 Å². The van der Waals surface area contributed by atoms with E-state index < -0.39 is 0 Å². The summed E-state index contributed by atoms with van der Waals surface area (Å²) in [4.78, 5) is 15.2. The fraction of sp³-hybridized carbons (Fsp3) is 0.320. The maximum Gasteiger partial charge on any atom is 0.254 e. The van der Waals surface area contributed by atoms with Crippen LogP contribution in [0.2, 0.25) is 0 Å². The first-order valence-corrected chi connectivity index (χ1v) is 11.2.